The summed E-state index contributed by atoms with van der Waals surface area (Å²) in [5, 5.41) is 6.78. The van der Waals surface area contributed by atoms with Crippen LogP contribution in [0.4, 0.5) is 11.8 Å². The van der Waals surface area contributed by atoms with Crippen molar-refractivity contribution < 1.29 is 0 Å². The quantitative estimate of drug-likeness (QED) is 0.504. The lowest BCUT2D eigenvalue weighted by atomic mass is 10.0. The third-order valence-corrected chi connectivity index (χ3v) is 3.73. The molecule has 1 fully saturated rings. The van der Waals surface area contributed by atoms with Gasteiger partial charge in [0.05, 0.1) is 0 Å². The summed E-state index contributed by atoms with van der Waals surface area (Å²) in [5.74, 6) is 1.92. The van der Waals surface area contributed by atoms with Crippen molar-refractivity contribution in [3.8, 4) is 0 Å². The highest BCUT2D eigenvalue weighted by atomic mass is 35.5. The van der Waals surface area contributed by atoms with Gasteiger partial charge >= 0.3 is 0 Å². The van der Waals surface area contributed by atoms with Crippen molar-refractivity contribution in [1.29, 1.82) is 0 Å². The summed E-state index contributed by atoms with van der Waals surface area (Å²) in [6.45, 7) is 8.45. The first-order valence-corrected chi connectivity index (χ1v) is 7.82. The van der Waals surface area contributed by atoms with Gasteiger partial charge < -0.3 is 15.5 Å². The summed E-state index contributed by atoms with van der Waals surface area (Å²) in [6.07, 6.45) is 4.16. The number of hydrogen-bond acceptors (Lipinski definition) is 4. The summed E-state index contributed by atoms with van der Waals surface area (Å²) in [6, 6.07) is 1.80. The zero-order valence-electron chi connectivity index (χ0n) is 12.1. The number of nitrogens with zero attached hydrogens (tertiary/aromatic N) is 3. The van der Waals surface area contributed by atoms with Gasteiger partial charge in [0.2, 0.25) is 5.95 Å². The average molecular weight is 326 g/mol. The van der Waals surface area contributed by atoms with Crippen molar-refractivity contribution in [2.75, 3.05) is 29.9 Å². The number of rotatable bonds is 4. The van der Waals surface area contributed by atoms with Crippen LogP contribution >= 0.6 is 23.8 Å². The van der Waals surface area contributed by atoms with Crippen LogP contribution in [0.15, 0.2) is 18.7 Å². The molecule has 5 nitrogen and oxygen atoms in total. The Kier molecular flexibility index (Phi) is 5.76. The molecule has 0 radical (unpaired) electrons. The Hall–Kier alpha value is -1.40. The molecule has 1 aromatic rings. The molecule has 0 aromatic carbocycles. The van der Waals surface area contributed by atoms with Crippen LogP contribution in [-0.4, -0.2) is 34.7 Å². The lowest BCUT2D eigenvalue weighted by molar-refractivity contribution is 0.444. The number of aromatic nitrogens is 2. The van der Waals surface area contributed by atoms with Crippen molar-refractivity contribution in [2.45, 2.75) is 19.8 Å². The predicted octanol–water partition coefficient (Wildman–Crippen LogP) is 2.84. The third-order valence-electron chi connectivity index (χ3n) is 3.29. The van der Waals surface area contributed by atoms with Crippen molar-refractivity contribution in [1.82, 2.24) is 15.3 Å². The van der Waals surface area contributed by atoms with Crippen molar-refractivity contribution in [2.24, 2.45) is 5.92 Å². The van der Waals surface area contributed by atoms with E-state index in [0.717, 1.165) is 18.9 Å². The summed E-state index contributed by atoms with van der Waals surface area (Å²) in [5.41, 5.74) is 0. The van der Waals surface area contributed by atoms with E-state index in [-0.39, 0.29) is 0 Å². The highest BCUT2D eigenvalue weighted by molar-refractivity contribution is 7.80. The molecule has 0 saturated carbocycles. The molecular weight excluding hydrogens is 306 g/mol. The minimum atomic E-state index is 0.409. The topological polar surface area (TPSA) is 53.1 Å². The standard InChI is InChI=1S/C14H20ClN5S/c1-3-6-16-14(21)19-13-17-11(15)8-12(18-13)20-7-4-5-10(2)9-20/h3,8,10H,1,4-7,9H2,2H3,(H2,16,17,18,19,21). The molecule has 0 spiro atoms. The number of halogens is 1. The molecule has 2 heterocycles. The molecular formula is C14H20ClN5S. The number of nitrogens with one attached hydrogen (secondary N) is 2. The molecule has 21 heavy (non-hydrogen) atoms. The van der Waals surface area contributed by atoms with Gasteiger partial charge in [-0.3, -0.25) is 0 Å². The van der Waals surface area contributed by atoms with E-state index in [1.54, 1.807) is 12.1 Å². The number of hydrogen-bond donors (Lipinski definition) is 2. The minimum Gasteiger partial charge on any atom is -0.359 e. The Morgan fingerprint density at radius 2 is 2.43 bits per heavy atom. The first kappa shape index (κ1) is 16.0. The van der Waals surface area contributed by atoms with Crippen LogP contribution in [0.3, 0.4) is 0 Å². The van der Waals surface area contributed by atoms with E-state index >= 15 is 0 Å². The molecule has 2 rings (SSSR count). The second-order valence-corrected chi connectivity index (χ2v) is 5.99. The predicted molar refractivity (Wildman–Crippen MR) is 92.1 cm³/mol. The summed E-state index contributed by atoms with van der Waals surface area (Å²) in [7, 11) is 0. The zero-order valence-corrected chi connectivity index (χ0v) is 13.7. The summed E-state index contributed by atoms with van der Waals surface area (Å²) < 4.78 is 0. The maximum atomic E-state index is 6.10. The van der Waals surface area contributed by atoms with Gasteiger partial charge in [-0.15, -0.1) is 6.58 Å². The van der Waals surface area contributed by atoms with E-state index in [0.29, 0.717) is 28.7 Å². The van der Waals surface area contributed by atoms with Gasteiger partial charge in [0.15, 0.2) is 5.11 Å². The van der Waals surface area contributed by atoms with E-state index in [1.807, 2.05) is 0 Å². The van der Waals surface area contributed by atoms with E-state index in [2.05, 4.69) is 39.0 Å². The Labute approximate surface area is 135 Å². The van der Waals surface area contributed by atoms with Crippen LogP contribution in [0.2, 0.25) is 5.15 Å². The van der Waals surface area contributed by atoms with Crippen molar-refractivity contribution in [3.05, 3.63) is 23.9 Å². The Morgan fingerprint density at radius 3 is 3.14 bits per heavy atom. The fraction of sp³-hybridized carbons (Fsp3) is 0.500. The normalized spacial score (nSPS) is 18.2. The lowest BCUT2D eigenvalue weighted by Gasteiger charge is -2.32. The number of piperidine rings is 1. The van der Waals surface area contributed by atoms with E-state index in [9.17, 15) is 0 Å². The van der Waals surface area contributed by atoms with E-state index < -0.39 is 0 Å². The van der Waals surface area contributed by atoms with Crippen LogP contribution in [-0.2, 0) is 0 Å². The molecule has 1 unspecified atom stereocenters. The van der Waals surface area contributed by atoms with Crippen molar-refractivity contribution >= 4 is 40.7 Å². The van der Waals surface area contributed by atoms with E-state index in [4.69, 9.17) is 23.8 Å². The molecule has 1 atom stereocenters. The summed E-state index contributed by atoms with van der Waals surface area (Å²) in [4.78, 5) is 10.9. The molecule has 2 N–H and O–H groups in total. The fourth-order valence-corrected chi connectivity index (χ4v) is 2.68. The van der Waals surface area contributed by atoms with Gasteiger partial charge in [0.25, 0.3) is 0 Å². The highest BCUT2D eigenvalue weighted by Crippen LogP contribution is 2.24. The van der Waals surface area contributed by atoms with Crippen LogP contribution < -0.4 is 15.5 Å². The first-order chi connectivity index (χ1) is 10.1. The minimum absolute atomic E-state index is 0.409. The molecule has 0 amide bonds. The van der Waals surface area contributed by atoms with Gasteiger partial charge in [0.1, 0.15) is 11.0 Å². The SMILES string of the molecule is C=CCNC(=S)Nc1nc(Cl)cc(N2CCCC(C)C2)n1. The number of anilines is 2. The molecule has 1 aliphatic rings. The van der Waals surface area contributed by atoms with E-state index in [1.165, 1.54) is 12.8 Å². The number of thiocarbonyl (C=S) groups is 1. The highest BCUT2D eigenvalue weighted by Gasteiger charge is 2.19. The maximum Gasteiger partial charge on any atom is 0.232 e. The van der Waals surface area contributed by atoms with Gasteiger partial charge in [-0.2, -0.15) is 4.98 Å². The summed E-state index contributed by atoms with van der Waals surface area (Å²) >= 11 is 11.3. The molecule has 7 heteroatoms. The molecule has 114 valence electrons. The van der Waals surface area contributed by atoms with Gasteiger partial charge in [-0.25, -0.2) is 4.98 Å². The molecule has 1 saturated heterocycles. The van der Waals surface area contributed by atoms with Crippen LogP contribution in [0, 0.1) is 5.92 Å². The molecule has 1 aliphatic heterocycles. The molecule has 1 aromatic heterocycles. The Morgan fingerprint density at radius 1 is 1.62 bits per heavy atom. The second kappa shape index (κ2) is 7.56. The second-order valence-electron chi connectivity index (χ2n) is 5.19. The van der Waals surface area contributed by atoms with Gasteiger partial charge in [0, 0.05) is 25.7 Å². The zero-order chi connectivity index (χ0) is 15.2. The van der Waals surface area contributed by atoms with Gasteiger partial charge in [-0.1, -0.05) is 24.6 Å². The monoisotopic (exact) mass is 325 g/mol. The van der Waals surface area contributed by atoms with Gasteiger partial charge in [-0.05, 0) is 31.0 Å². The fourth-order valence-electron chi connectivity index (χ4n) is 2.33. The third kappa shape index (κ3) is 4.82. The largest absolute Gasteiger partial charge is 0.359 e. The maximum absolute atomic E-state index is 6.10. The van der Waals surface area contributed by atoms with Crippen LogP contribution in [0.1, 0.15) is 19.8 Å². The lowest BCUT2D eigenvalue weighted by Crippen LogP contribution is -2.35. The average Bonchev–Trinajstić information content (AvgIpc) is 2.44. The molecule has 0 bridgehead atoms. The van der Waals surface area contributed by atoms with Crippen LogP contribution in [0.25, 0.3) is 0 Å². The van der Waals surface area contributed by atoms with Crippen LogP contribution in [0.5, 0.6) is 0 Å². The van der Waals surface area contributed by atoms with Crippen molar-refractivity contribution in [3.63, 3.8) is 0 Å². The Bertz CT molecular complexity index is 522. The molecule has 0 aliphatic carbocycles. The first-order valence-electron chi connectivity index (χ1n) is 7.03. The smallest absolute Gasteiger partial charge is 0.232 e. The Balaban J connectivity index is 2.09.